The number of amides is 1. The lowest BCUT2D eigenvalue weighted by Gasteiger charge is -2.24. The van der Waals surface area contributed by atoms with E-state index in [1.165, 1.54) is 4.90 Å². The van der Waals surface area contributed by atoms with Gasteiger partial charge in [-0.1, -0.05) is 76.6 Å². The number of carbonyl (C=O) groups excluding carboxylic acids is 1. The highest BCUT2D eigenvalue weighted by Gasteiger charge is 2.28. The summed E-state index contributed by atoms with van der Waals surface area (Å²) in [6, 6.07) is 19.0. The van der Waals surface area contributed by atoms with Crippen molar-refractivity contribution in [2.24, 2.45) is 0 Å². The molecule has 2 aromatic rings. The molecule has 0 heterocycles. The number of benzene rings is 2. The van der Waals surface area contributed by atoms with Crippen molar-refractivity contribution in [3.8, 4) is 0 Å². The third-order valence-electron chi connectivity index (χ3n) is 3.18. The van der Waals surface area contributed by atoms with Gasteiger partial charge in [0.2, 0.25) is 5.91 Å². The molecule has 1 amide bonds. The average molecular weight is 362 g/mol. The molecular weight excluding hydrogens is 346 g/mol. The molecule has 0 aromatic heterocycles. The van der Waals surface area contributed by atoms with Crippen LogP contribution in [-0.4, -0.2) is 26.7 Å². The van der Waals surface area contributed by atoms with Crippen LogP contribution < -0.4 is 0 Å². The second-order valence-electron chi connectivity index (χ2n) is 4.87. The Morgan fingerprint density at radius 1 is 0.909 bits per heavy atom. The van der Waals surface area contributed by atoms with Crippen molar-refractivity contribution in [3.05, 3.63) is 71.8 Å². The van der Waals surface area contributed by atoms with Crippen molar-refractivity contribution in [2.75, 3.05) is 0 Å². The Hall–Kier alpha value is -2.14. The first-order valence-corrected chi connectivity index (χ1v) is 7.73. The van der Waals surface area contributed by atoms with E-state index in [0.717, 1.165) is 11.1 Å². The lowest BCUT2D eigenvalue weighted by Crippen LogP contribution is -2.39. The van der Waals surface area contributed by atoms with Gasteiger partial charge in [0.25, 0.3) is 0 Å². The van der Waals surface area contributed by atoms with Gasteiger partial charge in [0, 0.05) is 13.1 Å². The molecule has 114 valence electrons. The van der Waals surface area contributed by atoms with E-state index >= 15 is 0 Å². The van der Waals surface area contributed by atoms with Gasteiger partial charge in [0.1, 0.15) is 0 Å². The van der Waals surface area contributed by atoms with Gasteiger partial charge in [-0.05, 0) is 11.1 Å². The zero-order valence-electron chi connectivity index (χ0n) is 11.9. The summed E-state index contributed by atoms with van der Waals surface area (Å²) in [5.74, 6) is -1.64. The van der Waals surface area contributed by atoms with E-state index in [1.54, 1.807) is 0 Å². The minimum absolute atomic E-state index is 0.365. The molecule has 0 fully saturated rings. The van der Waals surface area contributed by atoms with Gasteiger partial charge in [-0.15, -0.1) is 0 Å². The number of nitrogens with zero attached hydrogens (tertiary/aromatic N) is 1. The maximum absolute atomic E-state index is 12.4. The van der Waals surface area contributed by atoms with Crippen LogP contribution in [0.3, 0.4) is 0 Å². The summed E-state index contributed by atoms with van der Waals surface area (Å²) in [7, 11) is 0. The van der Waals surface area contributed by atoms with Crippen LogP contribution in [0.2, 0.25) is 0 Å². The third-order valence-corrected chi connectivity index (χ3v) is 3.96. The summed E-state index contributed by atoms with van der Waals surface area (Å²) in [4.78, 5) is 23.8. The van der Waals surface area contributed by atoms with E-state index in [9.17, 15) is 9.59 Å². The van der Waals surface area contributed by atoms with Crippen LogP contribution in [-0.2, 0) is 22.7 Å². The first kappa shape index (κ1) is 16.2. The molecule has 2 rings (SSSR count). The number of hydrogen-bond acceptors (Lipinski definition) is 2. The molecule has 22 heavy (non-hydrogen) atoms. The van der Waals surface area contributed by atoms with Crippen LogP contribution in [0.25, 0.3) is 0 Å². The number of rotatable bonds is 6. The van der Waals surface area contributed by atoms with Crippen LogP contribution in [0.15, 0.2) is 60.7 Å². The molecule has 0 radical (unpaired) electrons. The van der Waals surface area contributed by atoms with E-state index in [-0.39, 0.29) is 0 Å². The van der Waals surface area contributed by atoms with E-state index < -0.39 is 16.7 Å². The Balaban J connectivity index is 2.20. The average Bonchev–Trinajstić information content (AvgIpc) is 2.54. The predicted octanol–water partition coefficient (Wildman–Crippen LogP) is 3.06. The quantitative estimate of drug-likeness (QED) is 0.635. The molecule has 1 unspecified atom stereocenters. The molecule has 0 spiro atoms. The monoisotopic (exact) mass is 361 g/mol. The molecule has 5 heteroatoms. The Bertz CT molecular complexity index is 589. The molecule has 4 nitrogen and oxygen atoms in total. The topological polar surface area (TPSA) is 57.6 Å². The summed E-state index contributed by atoms with van der Waals surface area (Å²) in [5.41, 5.74) is 1.91. The van der Waals surface area contributed by atoms with Crippen molar-refractivity contribution in [1.82, 2.24) is 4.90 Å². The van der Waals surface area contributed by atoms with E-state index in [0.29, 0.717) is 13.1 Å². The molecule has 1 atom stereocenters. The Morgan fingerprint density at radius 2 is 1.32 bits per heavy atom. The van der Waals surface area contributed by atoms with Crippen LogP contribution in [0.5, 0.6) is 0 Å². The fourth-order valence-electron chi connectivity index (χ4n) is 2.09. The maximum Gasteiger partial charge on any atom is 0.327 e. The number of carbonyl (C=O) groups is 2. The molecular formula is C17H16BrNO3. The van der Waals surface area contributed by atoms with Gasteiger partial charge in [-0.3, -0.25) is 9.59 Å². The smallest absolute Gasteiger partial charge is 0.327 e. The van der Waals surface area contributed by atoms with Gasteiger partial charge in [-0.2, -0.15) is 0 Å². The van der Waals surface area contributed by atoms with Crippen LogP contribution in [0.4, 0.5) is 0 Å². The third kappa shape index (κ3) is 4.43. The number of halogens is 1. The standard InChI is InChI=1S/C17H16BrNO3/c18-15(17(21)22)16(20)19(11-13-7-3-1-4-8-13)12-14-9-5-2-6-10-14/h1-10,15H,11-12H2,(H,21,22). The van der Waals surface area contributed by atoms with Crippen molar-refractivity contribution >= 4 is 27.8 Å². The minimum Gasteiger partial charge on any atom is -0.480 e. The van der Waals surface area contributed by atoms with Gasteiger partial charge in [0.15, 0.2) is 4.83 Å². The summed E-state index contributed by atoms with van der Waals surface area (Å²) >= 11 is 2.94. The maximum atomic E-state index is 12.4. The van der Waals surface area contributed by atoms with Crippen LogP contribution >= 0.6 is 15.9 Å². The molecule has 2 aromatic carbocycles. The lowest BCUT2D eigenvalue weighted by atomic mass is 10.1. The molecule has 0 saturated carbocycles. The highest BCUT2D eigenvalue weighted by molar-refractivity contribution is 9.10. The number of aliphatic carboxylic acids is 1. The fraction of sp³-hybridized carbons (Fsp3) is 0.176. The molecule has 0 aliphatic carbocycles. The molecule has 0 bridgehead atoms. The summed E-state index contributed by atoms with van der Waals surface area (Å²) in [5, 5.41) is 9.04. The van der Waals surface area contributed by atoms with Gasteiger partial charge in [-0.25, -0.2) is 0 Å². The predicted molar refractivity (Wildman–Crippen MR) is 87.5 cm³/mol. The summed E-state index contributed by atoms with van der Waals surface area (Å²) < 4.78 is 0. The first-order valence-electron chi connectivity index (χ1n) is 6.81. The number of carboxylic acid groups (broad SMARTS) is 1. The number of alkyl halides is 1. The molecule has 1 N–H and O–H groups in total. The van der Waals surface area contributed by atoms with Crippen molar-refractivity contribution in [2.45, 2.75) is 17.9 Å². The molecule has 0 aliphatic heterocycles. The fourth-order valence-corrected chi connectivity index (χ4v) is 2.37. The van der Waals surface area contributed by atoms with E-state index in [2.05, 4.69) is 15.9 Å². The van der Waals surface area contributed by atoms with Crippen molar-refractivity contribution < 1.29 is 14.7 Å². The molecule has 0 aliphatic rings. The summed E-state index contributed by atoms with van der Waals surface area (Å²) in [6.45, 7) is 0.730. The second-order valence-corrected chi connectivity index (χ2v) is 5.78. The van der Waals surface area contributed by atoms with Crippen molar-refractivity contribution in [3.63, 3.8) is 0 Å². The Kier molecular flexibility index (Phi) is 5.72. The SMILES string of the molecule is O=C(O)C(Br)C(=O)N(Cc1ccccc1)Cc1ccccc1. The highest BCUT2D eigenvalue weighted by Crippen LogP contribution is 2.14. The molecule has 0 saturated heterocycles. The Labute approximate surface area is 137 Å². The number of carboxylic acids is 1. The Morgan fingerprint density at radius 3 is 1.68 bits per heavy atom. The van der Waals surface area contributed by atoms with Crippen LogP contribution in [0.1, 0.15) is 11.1 Å². The first-order chi connectivity index (χ1) is 10.6. The largest absolute Gasteiger partial charge is 0.480 e. The second kappa shape index (κ2) is 7.75. The number of hydrogen-bond donors (Lipinski definition) is 1. The van der Waals surface area contributed by atoms with Crippen LogP contribution in [0, 0.1) is 0 Å². The van der Waals surface area contributed by atoms with Gasteiger partial charge < -0.3 is 10.0 Å². The summed E-state index contributed by atoms with van der Waals surface area (Å²) in [6.07, 6.45) is 0. The van der Waals surface area contributed by atoms with Gasteiger partial charge >= 0.3 is 5.97 Å². The van der Waals surface area contributed by atoms with E-state index in [4.69, 9.17) is 5.11 Å². The van der Waals surface area contributed by atoms with Crippen molar-refractivity contribution in [1.29, 1.82) is 0 Å². The lowest BCUT2D eigenvalue weighted by molar-refractivity contribution is -0.143. The van der Waals surface area contributed by atoms with Gasteiger partial charge in [0.05, 0.1) is 0 Å². The highest BCUT2D eigenvalue weighted by atomic mass is 79.9. The normalized spacial score (nSPS) is 11.7. The zero-order valence-corrected chi connectivity index (χ0v) is 13.4. The zero-order chi connectivity index (χ0) is 15.9. The van der Waals surface area contributed by atoms with E-state index in [1.807, 2.05) is 60.7 Å². The minimum atomic E-state index is -1.24.